The first-order valence-electron chi connectivity index (χ1n) is 12.7. The molecule has 0 aromatic heterocycles. The quantitative estimate of drug-likeness (QED) is 0.428. The van der Waals surface area contributed by atoms with Crippen molar-refractivity contribution in [3.05, 3.63) is 47.6 Å². The molecule has 0 aliphatic heterocycles. The third-order valence-electron chi connectivity index (χ3n) is 8.91. The molecule has 0 saturated heterocycles. The number of ether oxygens (including phenoxy) is 2. The Morgan fingerprint density at radius 2 is 1.97 bits per heavy atom. The maximum atomic E-state index is 9.78. The number of hydrogen-bond donors (Lipinski definition) is 1. The summed E-state index contributed by atoms with van der Waals surface area (Å²) in [6.07, 6.45) is 19.2. The number of hydrogen-bond acceptors (Lipinski definition) is 3. The molecular weight excluding hydrogens is 396 g/mol. The van der Waals surface area contributed by atoms with Gasteiger partial charge in [-0.1, -0.05) is 55.9 Å². The largest absolute Gasteiger partial charge is 0.396 e. The minimum absolute atomic E-state index is 0.0338. The third-order valence-corrected chi connectivity index (χ3v) is 8.91. The van der Waals surface area contributed by atoms with Crippen molar-refractivity contribution in [1.29, 1.82) is 0 Å². The monoisotopic (exact) mass is 442 g/mol. The summed E-state index contributed by atoms with van der Waals surface area (Å²) in [4.78, 5) is 0. The molecule has 3 rings (SSSR count). The Labute approximate surface area is 196 Å². The number of aliphatic hydroxyl groups is 1. The van der Waals surface area contributed by atoms with Crippen LogP contribution in [0.1, 0.15) is 72.1 Å². The molecule has 0 aromatic carbocycles. The Balaban J connectivity index is 1.72. The fourth-order valence-corrected chi connectivity index (χ4v) is 6.80. The van der Waals surface area contributed by atoms with Crippen LogP contribution in [0.2, 0.25) is 0 Å². The van der Waals surface area contributed by atoms with E-state index in [2.05, 4.69) is 51.7 Å². The zero-order valence-electron chi connectivity index (χ0n) is 21.1. The average molecular weight is 443 g/mol. The molecule has 3 aliphatic carbocycles. The van der Waals surface area contributed by atoms with Crippen molar-refractivity contribution in [3.63, 3.8) is 0 Å². The van der Waals surface area contributed by atoms with Crippen LogP contribution in [0.5, 0.6) is 0 Å². The van der Waals surface area contributed by atoms with E-state index in [-0.39, 0.29) is 18.6 Å². The maximum absolute atomic E-state index is 9.78. The highest BCUT2D eigenvalue weighted by atomic mass is 16.5. The lowest BCUT2D eigenvalue weighted by molar-refractivity contribution is 0.101. The second kappa shape index (κ2) is 11.3. The lowest BCUT2D eigenvalue weighted by atomic mass is 9.61. The van der Waals surface area contributed by atoms with Crippen molar-refractivity contribution in [2.24, 2.45) is 29.1 Å². The molecule has 0 amide bonds. The van der Waals surface area contributed by atoms with Crippen molar-refractivity contribution >= 4 is 0 Å². The molecule has 32 heavy (non-hydrogen) atoms. The van der Waals surface area contributed by atoms with Crippen LogP contribution in [-0.4, -0.2) is 38.1 Å². The Morgan fingerprint density at radius 1 is 1.19 bits per heavy atom. The van der Waals surface area contributed by atoms with Crippen LogP contribution in [0, 0.1) is 29.1 Å². The van der Waals surface area contributed by atoms with Crippen molar-refractivity contribution in [2.75, 3.05) is 20.8 Å². The topological polar surface area (TPSA) is 38.7 Å². The molecule has 3 fully saturated rings. The highest BCUT2D eigenvalue weighted by Crippen LogP contribution is 2.59. The number of allylic oxidation sites excluding steroid dienone is 4. The van der Waals surface area contributed by atoms with Crippen LogP contribution in [0.4, 0.5) is 0 Å². The summed E-state index contributed by atoms with van der Waals surface area (Å²) in [6, 6.07) is 0. The summed E-state index contributed by atoms with van der Waals surface area (Å²) in [5.41, 5.74) is 4.49. The van der Waals surface area contributed by atoms with E-state index in [4.69, 9.17) is 9.47 Å². The predicted molar refractivity (Wildman–Crippen MR) is 133 cm³/mol. The second-order valence-electron chi connectivity index (χ2n) is 10.8. The lowest BCUT2D eigenvalue weighted by Gasteiger charge is -2.44. The molecule has 3 nitrogen and oxygen atoms in total. The molecule has 180 valence electrons. The molecule has 3 heteroatoms. The molecule has 0 radical (unpaired) electrons. The van der Waals surface area contributed by atoms with E-state index in [0.717, 1.165) is 30.8 Å². The van der Waals surface area contributed by atoms with Gasteiger partial charge in [-0.15, -0.1) is 0 Å². The fraction of sp³-hybridized carbons (Fsp3) is 0.724. The molecule has 0 spiro atoms. The zero-order chi connectivity index (χ0) is 23.3. The number of aliphatic hydroxyl groups excluding tert-OH is 1. The minimum atomic E-state index is 0.0338. The zero-order valence-corrected chi connectivity index (χ0v) is 21.1. The second-order valence-corrected chi connectivity index (χ2v) is 10.8. The van der Waals surface area contributed by atoms with Crippen molar-refractivity contribution in [1.82, 2.24) is 0 Å². The van der Waals surface area contributed by atoms with Crippen LogP contribution >= 0.6 is 0 Å². The SMILES string of the molecule is C=C1[C@H](CO)C/C(=C/C=C2\CCC[C@]3(C)[C@@H]([C@H](C)/C=C/C[C@@H](C)OC)CC[C@@H]23)C[C@H]1OC. The van der Waals surface area contributed by atoms with Crippen LogP contribution in [0.3, 0.4) is 0 Å². The van der Waals surface area contributed by atoms with Gasteiger partial charge in [-0.25, -0.2) is 0 Å². The van der Waals surface area contributed by atoms with Gasteiger partial charge < -0.3 is 14.6 Å². The van der Waals surface area contributed by atoms with Gasteiger partial charge in [0, 0.05) is 26.7 Å². The van der Waals surface area contributed by atoms with E-state index in [1.807, 2.05) is 0 Å². The van der Waals surface area contributed by atoms with Crippen molar-refractivity contribution in [3.8, 4) is 0 Å². The summed E-state index contributed by atoms with van der Waals surface area (Å²) in [5.74, 6) is 2.20. The predicted octanol–water partition coefficient (Wildman–Crippen LogP) is 6.65. The first-order chi connectivity index (χ1) is 15.3. The first kappa shape index (κ1) is 25.5. The van der Waals surface area contributed by atoms with Gasteiger partial charge in [-0.3, -0.25) is 0 Å². The highest BCUT2D eigenvalue weighted by molar-refractivity contribution is 5.29. The van der Waals surface area contributed by atoms with Gasteiger partial charge in [0.15, 0.2) is 0 Å². The normalized spacial score (nSPS) is 37.9. The standard InChI is InChI=1S/C29H46O3/c1-20(9-7-10-21(2)31-5)26-14-15-27-24(11-8-16-29(26,27)4)13-12-23-17-25(19-30)22(3)28(18-23)32-6/h7,9,12-13,20-21,25-28,30H,3,8,10-11,14-19H2,1-2,4-6H3/b9-7+,23-12-,24-13+/t20-,21-,25+,26-,27+,28-,29-/m1/s1. The van der Waals surface area contributed by atoms with Gasteiger partial charge in [0.1, 0.15) is 0 Å². The molecule has 3 saturated carbocycles. The van der Waals surface area contributed by atoms with E-state index in [9.17, 15) is 5.11 Å². The molecule has 3 aliphatic rings. The highest BCUT2D eigenvalue weighted by Gasteiger charge is 2.50. The minimum Gasteiger partial charge on any atom is -0.396 e. The van der Waals surface area contributed by atoms with E-state index in [0.29, 0.717) is 23.4 Å². The summed E-state index contributed by atoms with van der Waals surface area (Å²) < 4.78 is 11.0. The van der Waals surface area contributed by atoms with Gasteiger partial charge in [-0.05, 0) is 87.0 Å². The van der Waals surface area contributed by atoms with Crippen molar-refractivity contribution < 1.29 is 14.6 Å². The van der Waals surface area contributed by atoms with Crippen LogP contribution in [0.25, 0.3) is 0 Å². The molecule has 0 bridgehead atoms. The van der Waals surface area contributed by atoms with Crippen LogP contribution in [-0.2, 0) is 9.47 Å². The average Bonchev–Trinajstić information content (AvgIpc) is 3.15. The van der Waals surface area contributed by atoms with E-state index in [1.165, 1.54) is 37.7 Å². The lowest BCUT2D eigenvalue weighted by Crippen LogP contribution is -2.35. The van der Waals surface area contributed by atoms with E-state index < -0.39 is 0 Å². The van der Waals surface area contributed by atoms with Crippen LogP contribution < -0.4 is 0 Å². The molecular formula is C29H46O3. The first-order valence-corrected chi connectivity index (χ1v) is 12.7. The van der Waals surface area contributed by atoms with E-state index >= 15 is 0 Å². The summed E-state index contributed by atoms with van der Waals surface area (Å²) in [7, 11) is 3.54. The molecule has 0 unspecified atom stereocenters. The Bertz CT molecular complexity index is 715. The Kier molecular flexibility index (Phi) is 9.00. The Morgan fingerprint density at radius 3 is 2.66 bits per heavy atom. The van der Waals surface area contributed by atoms with Gasteiger partial charge in [0.2, 0.25) is 0 Å². The number of rotatable bonds is 8. The molecule has 0 aromatic rings. The molecule has 1 N–H and O–H groups in total. The Hall–Kier alpha value is -1.16. The van der Waals surface area contributed by atoms with Gasteiger partial charge in [0.25, 0.3) is 0 Å². The van der Waals surface area contributed by atoms with Gasteiger partial charge >= 0.3 is 0 Å². The smallest absolute Gasteiger partial charge is 0.0819 e. The summed E-state index contributed by atoms with van der Waals surface area (Å²) >= 11 is 0. The summed E-state index contributed by atoms with van der Waals surface area (Å²) in [5, 5.41) is 9.78. The molecule has 7 atom stereocenters. The van der Waals surface area contributed by atoms with Gasteiger partial charge in [0.05, 0.1) is 12.2 Å². The number of fused-ring (bicyclic) bond motifs is 1. The van der Waals surface area contributed by atoms with Crippen molar-refractivity contribution in [2.45, 2.75) is 84.3 Å². The van der Waals surface area contributed by atoms with Gasteiger partial charge in [-0.2, -0.15) is 0 Å². The third kappa shape index (κ3) is 5.48. The molecule has 0 heterocycles. The summed E-state index contributed by atoms with van der Waals surface area (Å²) in [6.45, 7) is 11.4. The van der Waals surface area contributed by atoms with Crippen LogP contribution in [0.15, 0.2) is 47.6 Å². The number of methoxy groups -OCH3 is 2. The maximum Gasteiger partial charge on any atom is 0.0819 e. The van der Waals surface area contributed by atoms with E-state index in [1.54, 1.807) is 19.8 Å². The fourth-order valence-electron chi connectivity index (χ4n) is 6.80.